The Hall–Kier alpha value is -1.84. The Morgan fingerprint density at radius 2 is 1.00 bits per heavy atom. The Balaban J connectivity index is 2.42. The van der Waals surface area contributed by atoms with Gasteiger partial charge in [0.05, 0.1) is 23.8 Å². The van der Waals surface area contributed by atoms with E-state index in [4.69, 9.17) is 0 Å². The summed E-state index contributed by atoms with van der Waals surface area (Å²) < 4.78 is 0. The number of aromatic nitrogens is 4. The second-order valence-corrected chi connectivity index (χ2v) is 6.77. The molecule has 0 N–H and O–H groups in total. The molecule has 0 saturated heterocycles. The first-order chi connectivity index (χ1) is 12.2. The molecular weight excluding hydrogens is 308 g/mol. The van der Waals surface area contributed by atoms with Gasteiger partial charge in [-0.3, -0.25) is 0 Å². The first-order valence-corrected chi connectivity index (χ1v) is 9.89. The van der Waals surface area contributed by atoms with Crippen LogP contribution in [0.4, 0.5) is 0 Å². The van der Waals surface area contributed by atoms with Crippen LogP contribution in [0.25, 0.3) is 0 Å². The molecule has 0 aliphatic carbocycles. The smallest absolute Gasteiger partial charge is 0.0726 e. The highest BCUT2D eigenvalue weighted by atomic mass is 15.1. The van der Waals surface area contributed by atoms with Crippen molar-refractivity contribution in [2.24, 2.45) is 0 Å². The van der Waals surface area contributed by atoms with Crippen molar-refractivity contribution < 1.29 is 0 Å². The van der Waals surface area contributed by atoms with Crippen molar-refractivity contribution in [1.82, 2.24) is 20.4 Å². The van der Waals surface area contributed by atoms with E-state index in [0.29, 0.717) is 0 Å². The maximum atomic E-state index is 4.49. The molecule has 0 saturated carbocycles. The number of hydrogen-bond donors (Lipinski definition) is 0. The number of aryl methyl sites for hydroxylation is 2. The Morgan fingerprint density at radius 3 is 1.36 bits per heavy atom. The Bertz CT molecular complexity index is 609. The van der Waals surface area contributed by atoms with Crippen LogP contribution in [0.2, 0.25) is 0 Å². The first-order valence-electron chi connectivity index (χ1n) is 9.89. The quantitative estimate of drug-likeness (QED) is 0.631. The maximum Gasteiger partial charge on any atom is 0.0726 e. The molecule has 0 bridgehead atoms. The predicted molar refractivity (Wildman–Crippen MR) is 103 cm³/mol. The largest absolute Gasteiger partial charge is 0.159 e. The molecule has 2 heterocycles. The number of hydrogen-bond acceptors (Lipinski definition) is 4. The summed E-state index contributed by atoms with van der Waals surface area (Å²) in [6.07, 6.45) is 13.4. The molecular formula is C21H32N4. The maximum absolute atomic E-state index is 4.49. The molecule has 0 fully saturated rings. The zero-order chi connectivity index (χ0) is 18.1. The van der Waals surface area contributed by atoms with Gasteiger partial charge in [-0.05, 0) is 47.9 Å². The van der Waals surface area contributed by atoms with Gasteiger partial charge in [-0.1, -0.05) is 53.4 Å². The fourth-order valence-corrected chi connectivity index (χ4v) is 3.51. The molecule has 2 rings (SSSR count). The SMILES string of the molecule is CCCc1cnnc(Cc2nncc(CCC)c2CCC)c1CCC. The average Bonchev–Trinajstić information content (AvgIpc) is 2.61. The van der Waals surface area contributed by atoms with Gasteiger partial charge in [0.2, 0.25) is 0 Å². The Morgan fingerprint density at radius 1 is 0.600 bits per heavy atom. The van der Waals surface area contributed by atoms with Gasteiger partial charge in [-0.25, -0.2) is 0 Å². The minimum Gasteiger partial charge on any atom is -0.159 e. The molecule has 25 heavy (non-hydrogen) atoms. The normalized spacial score (nSPS) is 11.0. The van der Waals surface area contributed by atoms with Gasteiger partial charge in [0, 0.05) is 6.42 Å². The van der Waals surface area contributed by atoms with Crippen LogP contribution in [-0.4, -0.2) is 20.4 Å². The zero-order valence-electron chi connectivity index (χ0n) is 16.3. The zero-order valence-corrected chi connectivity index (χ0v) is 16.3. The van der Waals surface area contributed by atoms with Crippen molar-refractivity contribution in [1.29, 1.82) is 0 Å². The summed E-state index contributed by atoms with van der Waals surface area (Å²) in [5, 5.41) is 17.5. The molecule has 0 amide bonds. The van der Waals surface area contributed by atoms with Crippen LogP contribution in [0.15, 0.2) is 12.4 Å². The molecule has 0 atom stereocenters. The molecule has 0 unspecified atom stereocenters. The van der Waals surface area contributed by atoms with Crippen LogP contribution in [-0.2, 0) is 32.1 Å². The van der Waals surface area contributed by atoms with Gasteiger partial charge in [0.1, 0.15) is 0 Å². The number of nitrogens with zero attached hydrogens (tertiary/aromatic N) is 4. The first kappa shape index (κ1) is 19.5. The lowest BCUT2D eigenvalue weighted by Gasteiger charge is -2.15. The topological polar surface area (TPSA) is 51.6 Å². The summed E-state index contributed by atoms with van der Waals surface area (Å²) in [6.45, 7) is 8.89. The average molecular weight is 341 g/mol. The lowest BCUT2D eigenvalue weighted by atomic mass is 9.94. The van der Waals surface area contributed by atoms with Gasteiger partial charge in [0.15, 0.2) is 0 Å². The summed E-state index contributed by atoms with van der Waals surface area (Å²) in [5.74, 6) is 0. The fourth-order valence-electron chi connectivity index (χ4n) is 3.51. The monoisotopic (exact) mass is 340 g/mol. The van der Waals surface area contributed by atoms with Crippen molar-refractivity contribution in [3.8, 4) is 0 Å². The van der Waals surface area contributed by atoms with Gasteiger partial charge >= 0.3 is 0 Å². The predicted octanol–water partition coefficient (Wildman–Crippen LogP) is 4.67. The van der Waals surface area contributed by atoms with E-state index >= 15 is 0 Å². The highest BCUT2D eigenvalue weighted by Crippen LogP contribution is 2.22. The van der Waals surface area contributed by atoms with E-state index < -0.39 is 0 Å². The van der Waals surface area contributed by atoms with Crippen LogP contribution in [0.5, 0.6) is 0 Å². The van der Waals surface area contributed by atoms with Gasteiger partial charge in [-0.15, -0.1) is 0 Å². The van der Waals surface area contributed by atoms with E-state index in [0.717, 1.165) is 69.2 Å². The third kappa shape index (κ3) is 5.07. The van der Waals surface area contributed by atoms with E-state index in [-0.39, 0.29) is 0 Å². The van der Waals surface area contributed by atoms with Gasteiger partial charge in [0.25, 0.3) is 0 Å². The molecule has 2 aromatic heterocycles. The summed E-state index contributed by atoms with van der Waals surface area (Å²) in [5.41, 5.74) is 7.64. The van der Waals surface area contributed by atoms with Crippen molar-refractivity contribution in [2.45, 2.75) is 85.5 Å². The summed E-state index contributed by atoms with van der Waals surface area (Å²) in [7, 11) is 0. The third-order valence-electron chi connectivity index (χ3n) is 4.63. The Labute approximate surface area is 152 Å². The van der Waals surface area contributed by atoms with E-state index in [1.165, 1.54) is 22.3 Å². The van der Waals surface area contributed by atoms with E-state index in [9.17, 15) is 0 Å². The van der Waals surface area contributed by atoms with Crippen molar-refractivity contribution in [3.63, 3.8) is 0 Å². The molecule has 4 heteroatoms. The minimum absolute atomic E-state index is 0.750. The van der Waals surface area contributed by atoms with E-state index in [1.807, 2.05) is 12.4 Å². The third-order valence-corrected chi connectivity index (χ3v) is 4.63. The van der Waals surface area contributed by atoms with Gasteiger partial charge in [-0.2, -0.15) is 20.4 Å². The van der Waals surface area contributed by atoms with Crippen LogP contribution in [0, 0.1) is 0 Å². The highest BCUT2D eigenvalue weighted by Gasteiger charge is 2.15. The van der Waals surface area contributed by atoms with E-state index in [1.54, 1.807) is 0 Å². The summed E-state index contributed by atoms with van der Waals surface area (Å²) in [4.78, 5) is 0. The molecule has 2 aromatic rings. The Kier molecular flexibility index (Phi) is 7.96. The van der Waals surface area contributed by atoms with Crippen molar-refractivity contribution in [2.75, 3.05) is 0 Å². The van der Waals surface area contributed by atoms with Gasteiger partial charge < -0.3 is 0 Å². The second-order valence-electron chi connectivity index (χ2n) is 6.77. The lowest BCUT2D eigenvalue weighted by Crippen LogP contribution is -2.11. The standard InChI is InChI=1S/C21H32N4/c1-5-9-16-14-22-24-20(18(16)11-7-3)13-21-19(12-8-4)17(10-6-2)15-23-25-21/h14-15H,5-13H2,1-4H3. The molecule has 0 spiro atoms. The molecule has 136 valence electrons. The van der Waals surface area contributed by atoms with Crippen LogP contribution < -0.4 is 0 Å². The fraction of sp³-hybridized carbons (Fsp3) is 0.619. The minimum atomic E-state index is 0.750. The molecule has 0 radical (unpaired) electrons. The molecule has 4 nitrogen and oxygen atoms in total. The second kappa shape index (κ2) is 10.2. The molecule has 0 aliphatic heterocycles. The van der Waals surface area contributed by atoms with Crippen LogP contribution in [0.3, 0.4) is 0 Å². The lowest BCUT2D eigenvalue weighted by molar-refractivity contribution is 0.763. The summed E-state index contributed by atoms with van der Waals surface area (Å²) in [6, 6.07) is 0. The van der Waals surface area contributed by atoms with Crippen LogP contribution >= 0.6 is 0 Å². The van der Waals surface area contributed by atoms with Crippen molar-refractivity contribution in [3.05, 3.63) is 46.0 Å². The molecule has 0 aliphatic rings. The number of rotatable bonds is 10. The van der Waals surface area contributed by atoms with Crippen LogP contribution in [0.1, 0.15) is 87.0 Å². The highest BCUT2D eigenvalue weighted by molar-refractivity contribution is 5.35. The van der Waals surface area contributed by atoms with E-state index in [2.05, 4.69) is 48.1 Å². The summed E-state index contributed by atoms with van der Waals surface area (Å²) >= 11 is 0. The van der Waals surface area contributed by atoms with Crippen molar-refractivity contribution >= 4 is 0 Å². The molecule has 0 aromatic carbocycles.